The predicted molar refractivity (Wildman–Crippen MR) is 94.8 cm³/mol. The first-order valence-corrected chi connectivity index (χ1v) is 9.47. The fourth-order valence-corrected chi connectivity index (χ4v) is 2.99. The highest BCUT2D eigenvalue weighted by Gasteiger charge is 2.33. The first-order chi connectivity index (χ1) is 11.4. The van der Waals surface area contributed by atoms with Gasteiger partial charge >= 0.3 is 0 Å². The summed E-state index contributed by atoms with van der Waals surface area (Å²) >= 11 is 1.45. The van der Waals surface area contributed by atoms with Gasteiger partial charge in [-0.25, -0.2) is 10.3 Å². The Morgan fingerprint density at radius 1 is 1.54 bits per heavy atom. The fourth-order valence-electron chi connectivity index (χ4n) is 2.46. The largest absolute Gasteiger partial charge is 0.350 e. The van der Waals surface area contributed by atoms with Crippen LogP contribution in [0, 0.1) is 6.92 Å². The van der Waals surface area contributed by atoms with Crippen LogP contribution in [-0.2, 0) is 20.9 Å². The number of hydrogen-bond acceptors (Lipinski definition) is 5. The van der Waals surface area contributed by atoms with E-state index >= 15 is 0 Å². The maximum Gasteiger partial charge on any atom is 0.259 e. The molecule has 1 aliphatic heterocycles. The molecule has 6 nitrogen and oxygen atoms in total. The van der Waals surface area contributed by atoms with Gasteiger partial charge in [-0.3, -0.25) is 9.59 Å². The molecule has 0 bridgehead atoms. The lowest BCUT2D eigenvalue weighted by Crippen LogP contribution is -2.45. The molecule has 0 saturated carbocycles. The van der Waals surface area contributed by atoms with Crippen molar-refractivity contribution in [3.05, 3.63) is 34.2 Å². The molecule has 1 fully saturated rings. The Hall–Kier alpha value is -1.31. The highest BCUT2D eigenvalue weighted by molar-refractivity contribution is 8.00. The zero-order chi connectivity index (χ0) is 17.6. The van der Waals surface area contributed by atoms with Gasteiger partial charge in [0.25, 0.3) is 11.5 Å². The smallest absolute Gasteiger partial charge is 0.259 e. The van der Waals surface area contributed by atoms with Crippen LogP contribution in [0.2, 0.25) is 0 Å². The van der Waals surface area contributed by atoms with E-state index in [2.05, 4.69) is 5.48 Å². The Bertz CT molecular complexity index is 613. The third-order valence-electron chi connectivity index (χ3n) is 4.33. The lowest BCUT2D eigenvalue weighted by atomic mass is 10.1. The summed E-state index contributed by atoms with van der Waals surface area (Å²) in [5.74, 6) is -0.204. The predicted octanol–water partition coefficient (Wildman–Crippen LogP) is 2.24. The number of hydroxylamine groups is 1. The number of carbonyl (C=O) groups excluding carboxylic acids is 1. The second-order valence-electron chi connectivity index (χ2n) is 6.27. The van der Waals surface area contributed by atoms with Gasteiger partial charge in [0.15, 0.2) is 6.29 Å². The summed E-state index contributed by atoms with van der Waals surface area (Å²) in [5.41, 5.74) is 3.41. The molecule has 1 aliphatic rings. The Labute approximate surface area is 146 Å². The molecule has 1 aromatic heterocycles. The van der Waals surface area contributed by atoms with Gasteiger partial charge in [-0.05, 0) is 51.0 Å². The number of ether oxygens (including phenoxy) is 1. The first kappa shape index (κ1) is 19.0. The maximum absolute atomic E-state index is 12.5. The molecule has 2 rings (SSSR count). The van der Waals surface area contributed by atoms with E-state index in [9.17, 15) is 9.59 Å². The molecular weight excluding hydrogens is 328 g/mol. The van der Waals surface area contributed by atoms with Crippen molar-refractivity contribution in [1.82, 2.24) is 10.0 Å². The van der Waals surface area contributed by atoms with Crippen LogP contribution < -0.4 is 11.0 Å². The van der Waals surface area contributed by atoms with E-state index < -0.39 is 4.75 Å². The number of aryl methyl sites for hydroxylation is 2. The average Bonchev–Trinajstić information content (AvgIpc) is 2.59. The standard InChI is InChI=1S/C17H26N2O4S/c1-13-7-9-19(14(20)12-13)10-8-17(2,24-3)16(21)18-23-15-6-4-5-11-22-15/h7,9,12,15H,4-6,8,10-11H2,1-3H3,(H,18,21). The van der Waals surface area contributed by atoms with Crippen LogP contribution in [-0.4, -0.2) is 34.4 Å². The monoisotopic (exact) mass is 354 g/mol. The first-order valence-electron chi connectivity index (χ1n) is 8.24. The fraction of sp³-hybridized carbons (Fsp3) is 0.647. The minimum atomic E-state index is -0.682. The van der Waals surface area contributed by atoms with E-state index in [4.69, 9.17) is 9.57 Å². The number of hydrogen-bond donors (Lipinski definition) is 1. The topological polar surface area (TPSA) is 69.6 Å². The molecule has 1 amide bonds. The molecule has 7 heteroatoms. The van der Waals surface area contributed by atoms with Crippen LogP contribution in [0.3, 0.4) is 0 Å². The van der Waals surface area contributed by atoms with Gasteiger partial charge in [0.1, 0.15) is 0 Å². The van der Waals surface area contributed by atoms with E-state index in [1.807, 2.05) is 26.2 Å². The van der Waals surface area contributed by atoms with E-state index in [-0.39, 0.29) is 17.8 Å². The molecule has 2 atom stereocenters. The summed E-state index contributed by atoms with van der Waals surface area (Å²) in [6, 6.07) is 3.49. The van der Waals surface area contributed by atoms with E-state index in [1.165, 1.54) is 11.8 Å². The number of nitrogens with one attached hydrogen (secondary N) is 1. The van der Waals surface area contributed by atoms with Crippen molar-refractivity contribution in [1.29, 1.82) is 0 Å². The summed E-state index contributed by atoms with van der Waals surface area (Å²) in [7, 11) is 0. The molecule has 134 valence electrons. The van der Waals surface area contributed by atoms with Crippen molar-refractivity contribution in [2.24, 2.45) is 0 Å². The van der Waals surface area contributed by atoms with Crippen molar-refractivity contribution < 1.29 is 14.4 Å². The van der Waals surface area contributed by atoms with Crippen molar-refractivity contribution in [2.45, 2.75) is 57.1 Å². The molecule has 0 aromatic carbocycles. The van der Waals surface area contributed by atoms with Gasteiger partial charge in [-0.2, -0.15) is 0 Å². The van der Waals surface area contributed by atoms with Gasteiger partial charge in [0.05, 0.1) is 4.75 Å². The summed E-state index contributed by atoms with van der Waals surface area (Å²) in [5, 5.41) is 0. The van der Waals surface area contributed by atoms with Gasteiger partial charge in [0, 0.05) is 31.8 Å². The van der Waals surface area contributed by atoms with Gasteiger partial charge in [0.2, 0.25) is 0 Å². The molecule has 1 N–H and O–H groups in total. The van der Waals surface area contributed by atoms with E-state index in [1.54, 1.807) is 16.8 Å². The third-order valence-corrected chi connectivity index (χ3v) is 5.62. The summed E-state index contributed by atoms with van der Waals surface area (Å²) < 4.78 is 6.38. The van der Waals surface area contributed by atoms with Crippen LogP contribution in [0.1, 0.15) is 38.2 Å². The minimum Gasteiger partial charge on any atom is -0.350 e. The number of pyridine rings is 1. The van der Waals surface area contributed by atoms with Crippen LogP contribution in [0.15, 0.2) is 23.1 Å². The second kappa shape index (κ2) is 8.69. The van der Waals surface area contributed by atoms with Gasteiger partial charge in [-0.15, -0.1) is 11.8 Å². The number of amides is 1. The number of nitrogens with zero attached hydrogens (tertiary/aromatic N) is 1. The van der Waals surface area contributed by atoms with Crippen molar-refractivity contribution in [3.63, 3.8) is 0 Å². The molecule has 0 aliphatic carbocycles. The number of thioether (sulfide) groups is 1. The number of aromatic nitrogens is 1. The summed E-state index contributed by atoms with van der Waals surface area (Å²) in [6.07, 6.45) is 6.66. The Balaban J connectivity index is 1.91. The molecule has 0 spiro atoms. The minimum absolute atomic E-state index is 0.0503. The SMILES string of the molecule is CSC(C)(CCn1ccc(C)cc1=O)C(=O)NOC1CCCCO1. The highest BCUT2D eigenvalue weighted by Crippen LogP contribution is 2.27. The van der Waals surface area contributed by atoms with Crippen LogP contribution in [0.25, 0.3) is 0 Å². The van der Waals surface area contributed by atoms with Crippen molar-refractivity contribution >= 4 is 17.7 Å². The molecule has 1 aromatic rings. The van der Waals surface area contributed by atoms with Crippen LogP contribution in [0.4, 0.5) is 0 Å². The lowest BCUT2D eigenvalue weighted by Gasteiger charge is -2.28. The van der Waals surface area contributed by atoms with Crippen LogP contribution >= 0.6 is 11.8 Å². The van der Waals surface area contributed by atoms with E-state index in [0.29, 0.717) is 19.6 Å². The molecule has 24 heavy (non-hydrogen) atoms. The van der Waals surface area contributed by atoms with Crippen LogP contribution in [0.5, 0.6) is 0 Å². The van der Waals surface area contributed by atoms with Crippen molar-refractivity contribution in [3.8, 4) is 0 Å². The van der Waals surface area contributed by atoms with E-state index in [0.717, 1.165) is 24.8 Å². The molecular formula is C17H26N2O4S. The average molecular weight is 354 g/mol. The Morgan fingerprint density at radius 3 is 2.96 bits per heavy atom. The zero-order valence-corrected chi connectivity index (χ0v) is 15.4. The molecule has 2 unspecified atom stereocenters. The number of carbonyl (C=O) groups is 1. The quantitative estimate of drug-likeness (QED) is 0.761. The highest BCUT2D eigenvalue weighted by atomic mass is 32.2. The zero-order valence-electron chi connectivity index (χ0n) is 14.5. The maximum atomic E-state index is 12.5. The molecule has 0 radical (unpaired) electrons. The summed E-state index contributed by atoms with van der Waals surface area (Å²) in [4.78, 5) is 29.8. The number of rotatable bonds is 7. The lowest BCUT2D eigenvalue weighted by molar-refractivity contribution is -0.201. The Morgan fingerprint density at radius 2 is 2.33 bits per heavy atom. The normalized spacial score (nSPS) is 20.4. The molecule has 1 saturated heterocycles. The third kappa shape index (κ3) is 5.09. The van der Waals surface area contributed by atoms with Crippen molar-refractivity contribution in [2.75, 3.05) is 12.9 Å². The van der Waals surface area contributed by atoms with Gasteiger partial charge < -0.3 is 9.30 Å². The van der Waals surface area contributed by atoms with Gasteiger partial charge in [-0.1, -0.05) is 0 Å². The second-order valence-corrected chi connectivity index (χ2v) is 7.58. The summed E-state index contributed by atoms with van der Waals surface area (Å²) in [6.45, 7) is 4.88. The molecule has 2 heterocycles. The Kier molecular flexibility index (Phi) is 6.89.